The van der Waals surface area contributed by atoms with Crippen LogP contribution in [0.4, 0.5) is 17.3 Å². The maximum atomic E-state index is 5.54. The van der Waals surface area contributed by atoms with Gasteiger partial charge < -0.3 is 10.3 Å². The minimum atomic E-state index is 0.684. The summed E-state index contributed by atoms with van der Waals surface area (Å²) in [5.74, 6) is 7.13. The Bertz CT molecular complexity index is 582. The summed E-state index contributed by atoms with van der Waals surface area (Å²) in [6, 6.07) is 8.39. The highest BCUT2D eigenvalue weighted by molar-refractivity contribution is 5.67. The number of rotatable bonds is 5. The molecule has 106 valence electrons. The van der Waals surface area contributed by atoms with E-state index < -0.39 is 0 Å². The smallest absolute Gasteiger partial charge is 0.148 e. The highest BCUT2D eigenvalue weighted by atomic mass is 15.3. The van der Waals surface area contributed by atoms with E-state index in [0.717, 1.165) is 30.0 Å². The molecule has 0 atom stereocenters. The summed E-state index contributed by atoms with van der Waals surface area (Å²) in [5, 5.41) is 0. The van der Waals surface area contributed by atoms with E-state index in [1.165, 1.54) is 5.56 Å². The monoisotopic (exact) mass is 271 g/mol. The maximum absolute atomic E-state index is 5.54. The average molecular weight is 271 g/mol. The van der Waals surface area contributed by atoms with Gasteiger partial charge >= 0.3 is 0 Å². The number of nitrogens with one attached hydrogen (secondary N) is 1. The van der Waals surface area contributed by atoms with E-state index in [4.69, 9.17) is 5.84 Å². The van der Waals surface area contributed by atoms with Crippen LogP contribution in [-0.4, -0.2) is 16.5 Å². The number of hydrazine groups is 1. The van der Waals surface area contributed by atoms with Gasteiger partial charge in [0.1, 0.15) is 18.0 Å². The summed E-state index contributed by atoms with van der Waals surface area (Å²) in [7, 11) is 0. The van der Waals surface area contributed by atoms with Crippen molar-refractivity contribution < 1.29 is 0 Å². The second-order valence-electron chi connectivity index (χ2n) is 4.61. The van der Waals surface area contributed by atoms with Gasteiger partial charge in [-0.05, 0) is 38.0 Å². The topological polar surface area (TPSA) is 67.1 Å². The van der Waals surface area contributed by atoms with Crippen molar-refractivity contribution >= 4 is 17.3 Å². The predicted molar refractivity (Wildman–Crippen MR) is 83.1 cm³/mol. The molecular formula is C15H21N5. The van der Waals surface area contributed by atoms with Crippen molar-refractivity contribution in [3.63, 3.8) is 0 Å². The number of nitrogen functional groups attached to an aromatic ring is 1. The zero-order valence-electron chi connectivity index (χ0n) is 12.2. The Labute approximate surface area is 119 Å². The van der Waals surface area contributed by atoms with Gasteiger partial charge in [0, 0.05) is 17.8 Å². The van der Waals surface area contributed by atoms with E-state index in [-0.39, 0.29) is 0 Å². The molecule has 2 rings (SSSR count). The summed E-state index contributed by atoms with van der Waals surface area (Å²) < 4.78 is 0. The molecule has 1 heterocycles. The van der Waals surface area contributed by atoms with Crippen LogP contribution in [0.2, 0.25) is 0 Å². The van der Waals surface area contributed by atoms with Crippen LogP contribution < -0.4 is 16.2 Å². The van der Waals surface area contributed by atoms with Crippen LogP contribution in [0.25, 0.3) is 0 Å². The van der Waals surface area contributed by atoms with Crippen LogP contribution >= 0.6 is 0 Å². The number of nitrogens with zero attached hydrogens (tertiary/aromatic N) is 3. The van der Waals surface area contributed by atoms with Crippen LogP contribution in [0.3, 0.4) is 0 Å². The lowest BCUT2D eigenvalue weighted by Crippen LogP contribution is -2.21. The molecule has 5 nitrogen and oxygen atoms in total. The molecule has 0 saturated heterocycles. The maximum Gasteiger partial charge on any atom is 0.148 e. The van der Waals surface area contributed by atoms with Crippen molar-refractivity contribution in [2.24, 2.45) is 5.84 Å². The molecule has 0 spiro atoms. The molecule has 0 aliphatic heterocycles. The number of anilines is 3. The fraction of sp³-hybridized carbons (Fsp3) is 0.333. The summed E-state index contributed by atoms with van der Waals surface area (Å²) in [6.07, 6.45) is 2.36. The van der Waals surface area contributed by atoms with Crippen LogP contribution in [0.15, 0.2) is 30.6 Å². The molecule has 0 fully saturated rings. The SMILES string of the molecule is CCc1c(NN)ncnc1N(CC)c1cccc(C)c1. The molecule has 0 unspecified atom stereocenters. The first kappa shape index (κ1) is 14.3. The molecule has 0 bridgehead atoms. The number of aromatic nitrogens is 2. The quantitative estimate of drug-likeness (QED) is 0.646. The van der Waals surface area contributed by atoms with Crippen molar-refractivity contribution in [2.75, 3.05) is 16.9 Å². The standard InChI is InChI=1S/C15H21N5/c1-4-13-14(19-16)17-10-18-15(13)20(5-2)12-8-6-7-11(3)9-12/h6-10H,4-5,16H2,1-3H3,(H,17,18,19). The van der Waals surface area contributed by atoms with Gasteiger partial charge in [0.05, 0.1) is 0 Å². The molecule has 0 saturated carbocycles. The minimum absolute atomic E-state index is 0.684. The number of aryl methyl sites for hydroxylation is 1. The van der Waals surface area contributed by atoms with Gasteiger partial charge in [-0.25, -0.2) is 15.8 Å². The Hall–Kier alpha value is -2.14. The van der Waals surface area contributed by atoms with E-state index in [2.05, 4.69) is 65.3 Å². The minimum Gasteiger partial charge on any atom is -0.326 e. The number of hydrogen-bond acceptors (Lipinski definition) is 5. The Morgan fingerprint density at radius 3 is 2.65 bits per heavy atom. The van der Waals surface area contributed by atoms with Crippen molar-refractivity contribution in [2.45, 2.75) is 27.2 Å². The first-order valence-electron chi connectivity index (χ1n) is 6.85. The molecule has 1 aromatic heterocycles. The van der Waals surface area contributed by atoms with Crippen molar-refractivity contribution in [1.29, 1.82) is 0 Å². The summed E-state index contributed by atoms with van der Waals surface area (Å²) >= 11 is 0. The molecule has 0 aliphatic carbocycles. The Kier molecular flexibility index (Phi) is 4.53. The molecule has 1 aromatic carbocycles. The van der Waals surface area contributed by atoms with Gasteiger partial charge in [0.2, 0.25) is 0 Å². The van der Waals surface area contributed by atoms with Gasteiger partial charge in [-0.1, -0.05) is 19.1 Å². The van der Waals surface area contributed by atoms with E-state index in [1.807, 2.05) is 0 Å². The van der Waals surface area contributed by atoms with Gasteiger partial charge in [-0.2, -0.15) is 0 Å². The largest absolute Gasteiger partial charge is 0.326 e. The zero-order valence-corrected chi connectivity index (χ0v) is 12.2. The summed E-state index contributed by atoms with van der Waals surface area (Å²) in [5.41, 5.74) is 6.03. The third-order valence-electron chi connectivity index (χ3n) is 3.30. The zero-order chi connectivity index (χ0) is 14.5. The summed E-state index contributed by atoms with van der Waals surface area (Å²) in [6.45, 7) is 7.11. The number of benzene rings is 1. The first-order chi connectivity index (χ1) is 9.71. The predicted octanol–water partition coefficient (Wildman–Crippen LogP) is 2.79. The Morgan fingerprint density at radius 1 is 1.25 bits per heavy atom. The highest BCUT2D eigenvalue weighted by Gasteiger charge is 2.16. The molecule has 0 amide bonds. The first-order valence-corrected chi connectivity index (χ1v) is 6.85. The number of hydrogen-bond donors (Lipinski definition) is 2. The molecule has 5 heteroatoms. The normalized spacial score (nSPS) is 10.4. The third-order valence-corrected chi connectivity index (χ3v) is 3.30. The van der Waals surface area contributed by atoms with Crippen LogP contribution in [0, 0.1) is 6.92 Å². The third kappa shape index (κ3) is 2.72. The van der Waals surface area contributed by atoms with E-state index >= 15 is 0 Å². The Morgan fingerprint density at radius 2 is 2.05 bits per heavy atom. The molecule has 3 N–H and O–H groups in total. The van der Waals surface area contributed by atoms with Crippen molar-refractivity contribution in [3.05, 3.63) is 41.7 Å². The lowest BCUT2D eigenvalue weighted by atomic mass is 10.1. The van der Waals surface area contributed by atoms with Crippen LogP contribution in [0.5, 0.6) is 0 Å². The van der Waals surface area contributed by atoms with Crippen molar-refractivity contribution in [1.82, 2.24) is 9.97 Å². The number of nitrogens with two attached hydrogens (primary N) is 1. The van der Waals surface area contributed by atoms with Gasteiger partial charge in [-0.15, -0.1) is 0 Å². The van der Waals surface area contributed by atoms with Gasteiger partial charge in [0.15, 0.2) is 0 Å². The Balaban J connectivity index is 2.52. The van der Waals surface area contributed by atoms with E-state index in [1.54, 1.807) is 6.33 Å². The summed E-state index contributed by atoms with van der Waals surface area (Å²) in [4.78, 5) is 10.8. The molecule has 2 aromatic rings. The average Bonchev–Trinajstić information content (AvgIpc) is 2.47. The van der Waals surface area contributed by atoms with Crippen LogP contribution in [-0.2, 0) is 6.42 Å². The molecule has 20 heavy (non-hydrogen) atoms. The van der Waals surface area contributed by atoms with Gasteiger partial charge in [-0.3, -0.25) is 0 Å². The van der Waals surface area contributed by atoms with E-state index in [9.17, 15) is 0 Å². The van der Waals surface area contributed by atoms with Crippen molar-refractivity contribution in [3.8, 4) is 0 Å². The fourth-order valence-electron chi connectivity index (χ4n) is 2.34. The lowest BCUT2D eigenvalue weighted by molar-refractivity contribution is 0.937. The second kappa shape index (κ2) is 6.34. The molecule has 0 radical (unpaired) electrons. The highest BCUT2D eigenvalue weighted by Crippen LogP contribution is 2.29. The molecular weight excluding hydrogens is 250 g/mol. The van der Waals surface area contributed by atoms with E-state index in [0.29, 0.717) is 5.82 Å². The fourth-order valence-corrected chi connectivity index (χ4v) is 2.34. The molecule has 0 aliphatic rings. The van der Waals surface area contributed by atoms with Gasteiger partial charge in [0.25, 0.3) is 0 Å². The second-order valence-corrected chi connectivity index (χ2v) is 4.61. The van der Waals surface area contributed by atoms with Crippen LogP contribution in [0.1, 0.15) is 25.0 Å². The lowest BCUT2D eigenvalue weighted by Gasteiger charge is -2.25.